The van der Waals surface area contributed by atoms with Crippen molar-refractivity contribution in [1.82, 2.24) is 10.2 Å². The van der Waals surface area contributed by atoms with Crippen molar-refractivity contribution in [2.75, 3.05) is 26.2 Å². The zero-order valence-electron chi connectivity index (χ0n) is 13.3. The number of benzene rings is 1. The van der Waals surface area contributed by atoms with Crippen LogP contribution in [0.1, 0.15) is 31.4 Å². The van der Waals surface area contributed by atoms with E-state index in [0.29, 0.717) is 31.6 Å². The van der Waals surface area contributed by atoms with Crippen LogP contribution in [0.15, 0.2) is 28.7 Å². The topological polar surface area (TPSA) is 41.6 Å². The lowest BCUT2D eigenvalue weighted by Gasteiger charge is -2.37. The Bertz CT molecular complexity index is 543. The average Bonchev–Trinajstić information content (AvgIpc) is 2.54. The number of rotatable bonds is 2. The third-order valence-corrected chi connectivity index (χ3v) is 5.06. The normalized spacial score (nSPS) is 28.1. The second-order valence-electron chi connectivity index (χ2n) is 6.28. The molecule has 23 heavy (non-hydrogen) atoms. The van der Waals surface area contributed by atoms with E-state index in [4.69, 9.17) is 4.74 Å². The largest absolute Gasteiger partial charge is 0.370 e. The van der Waals surface area contributed by atoms with Gasteiger partial charge in [0.2, 0.25) is 5.91 Å². The number of nitrogens with one attached hydrogen (secondary N) is 1. The number of piperidine rings is 1. The van der Waals surface area contributed by atoms with Crippen LogP contribution in [-0.4, -0.2) is 43.1 Å². The first-order valence-electron chi connectivity index (χ1n) is 8.02. The van der Waals surface area contributed by atoms with Crippen molar-refractivity contribution >= 4 is 34.2 Å². The molecule has 1 N–H and O–H groups in total. The molecule has 3 rings (SSSR count). The fraction of sp³-hybridized carbons (Fsp3) is 0.588. The van der Waals surface area contributed by atoms with Gasteiger partial charge in [-0.2, -0.15) is 0 Å². The molecule has 2 heterocycles. The molecule has 6 heteroatoms. The van der Waals surface area contributed by atoms with Crippen molar-refractivity contribution in [3.05, 3.63) is 34.3 Å². The van der Waals surface area contributed by atoms with E-state index >= 15 is 0 Å². The molecule has 2 aliphatic rings. The Morgan fingerprint density at radius 1 is 1.43 bits per heavy atom. The van der Waals surface area contributed by atoms with E-state index in [1.165, 1.54) is 0 Å². The van der Waals surface area contributed by atoms with Crippen LogP contribution < -0.4 is 5.32 Å². The molecular formula is C17H24BrClN2O2. The maximum absolute atomic E-state index is 12.8. The minimum Gasteiger partial charge on any atom is -0.370 e. The molecule has 0 bridgehead atoms. The van der Waals surface area contributed by atoms with E-state index in [0.717, 1.165) is 29.4 Å². The van der Waals surface area contributed by atoms with Gasteiger partial charge in [-0.05, 0) is 44.0 Å². The van der Waals surface area contributed by atoms with Crippen molar-refractivity contribution in [3.63, 3.8) is 0 Å². The maximum atomic E-state index is 12.8. The Balaban J connectivity index is 0.00000192. The minimum absolute atomic E-state index is 0. The number of nitrogens with zero attached hydrogens (tertiary/aromatic N) is 1. The number of halogens is 2. The van der Waals surface area contributed by atoms with Crippen LogP contribution in [0.5, 0.6) is 0 Å². The highest BCUT2D eigenvalue weighted by atomic mass is 79.9. The summed E-state index contributed by atoms with van der Waals surface area (Å²) in [7, 11) is 0. The number of ether oxygens (including phenoxy) is 1. The number of morpholine rings is 1. The number of hydrogen-bond donors (Lipinski definition) is 1. The molecule has 128 valence electrons. The molecule has 0 saturated carbocycles. The Morgan fingerprint density at radius 3 is 3.00 bits per heavy atom. The molecule has 4 nitrogen and oxygen atoms in total. The fourth-order valence-corrected chi connectivity index (χ4v) is 3.79. The number of hydrogen-bond acceptors (Lipinski definition) is 3. The average molecular weight is 404 g/mol. The fourth-order valence-electron chi connectivity index (χ4n) is 3.37. The van der Waals surface area contributed by atoms with Crippen LogP contribution in [0.2, 0.25) is 0 Å². The van der Waals surface area contributed by atoms with Crippen LogP contribution in [0.4, 0.5) is 0 Å². The van der Waals surface area contributed by atoms with Gasteiger partial charge >= 0.3 is 0 Å². The van der Waals surface area contributed by atoms with E-state index in [2.05, 4.69) is 40.3 Å². The van der Waals surface area contributed by atoms with Gasteiger partial charge in [-0.15, -0.1) is 12.4 Å². The van der Waals surface area contributed by atoms with Crippen LogP contribution in [0.25, 0.3) is 0 Å². The van der Waals surface area contributed by atoms with Crippen LogP contribution in [-0.2, 0) is 9.53 Å². The second kappa shape index (κ2) is 8.47. The third kappa shape index (κ3) is 4.69. The van der Waals surface area contributed by atoms with E-state index in [-0.39, 0.29) is 24.4 Å². The number of carbonyl (C=O) groups is 1. The van der Waals surface area contributed by atoms with Gasteiger partial charge in [-0.25, -0.2) is 0 Å². The molecule has 0 spiro atoms. The molecule has 3 atom stereocenters. The first-order valence-corrected chi connectivity index (χ1v) is 8.82. The van der Waals surface area contributed by atoms with Crippen molar-refractivity contribution in [2.45, 2.75) is 31.9 Å². The molecule has 1 unspecified atom stereocenters. The summed E-state index contributed by atoms with van der Waals surface area (Å²) in [6, 6.07) is 8.59. The zero-order chi connectivity index (χ0) is 15.5. The predicted octanol–water partition coefficient (Wildman–Crippen LogP) is 3.16. The van der Waals surface area contributed by atoms with Gasteiger partial charge in [0.1, 0.15) is 6.10 Å². The van der Waals surface area contributed by atoms with Crippen molar-refractivity contribution in [3.8, 4) is 0 Å². The molecule has 1 aromatic rings. The number of amides is 1. The molecule has 2 saturated heterocycles. The highest BCUT2D eigenvalue weighted by Gasteiger charge is 2.32. The molecular weight excluding hydrogens is 380 g/mol. The molecule has 0 radical (unpaired) electrons. The summed E-state index contributed by atoms with van der Waals surface area (Å²) in [4.78, 5) is 14.8. The first kappa shape index (κ1) is 18.7. The standard InChI is InChI=1S/C17H23BrN2O2.ClH/c1-12-9-14(5-6-19-12)17(21)20-7-8-22-16(11-20)13-3-2-4-15(18)10-13;/h2-4,10,12,14,16,19H,5-9,11H2,1H3;1H/t12-,14-,16?;/m0./s1. The monoisotopic (exact) mass is 402 g/mol. The number of carbonyl (C=O) groups excluding carboxylic acids is 1. The Labute approximate surface area is 152 Å². The van der Waals surface area contributed by atoms with Crippen LogP contribution >= 0.6 is 28.3 Å². The summed E-state index contributed by atoms with van der Waals surface area (Å²) in [6.45, 7) is 5.08. The SMILES string of the molecule is C[C@H]1C[C@@H](C(=O)N2CCOC(c3cccc(Br)c3)C2)CCN1.Cl. The lowest BCUT2D eigenvalue weighted by Crippen LogP contribution is -2.48. The van der Waals surface area contributed by atoms with Crippen LogP contribution in [0, 0.1) is 5.92 Å². The highest BCUT2D eigenvalue weighted by molar-refractivity contribution is 9.10. The smallest absolute Gasteiger partial charge is 0.225 e. The van der Waals surface area contributed by atoms with E-state index < -0.39 is 0 Å². The van der Waals surface area contributed by atoms with Crippen molar-refractivity contribution < 1.29 is 9.53 Å². The van der Waals surface area contributed by atoms with Crippen molar-refractivity contribution in [1.29, 1.82) is 0 Å². The molecule has 1 amide bonds. The quantitative estimate of drug-likeness (QED) is 0.825. The summed E-state index contributed by atoms with van der Waals surface area (Å²) in [5.74, 6) is 0.467. The maximum Gasteiger partial charge on any atom is 0.225 e. The van der Waals surface area contributed by atoms with Gasteiger partial charge in [-0.3, -0.25) is 4.79 Å². The Kier molecular flexibility index (Phi) is 6.89. The van der Waals surface area contributed by atoms with E-state index in [1.54, 1.807) is 0 Å². The lowest BCUT2D eigenvalue weighted by molar-refractivity contribution is -0.144. The summed E-state index contributed by atoms with van der Waals surface area (Å²) in [6.07, 6.45) is 1.87. The Morgan fingerprint density at radius 2 is 2.26 bits per heavy atom. The first-order chi connectivity index (χ1) is 10.6. The molecule has 2 fully saturated rings. The second-order valence-corrected chi connectivity index (χ2v) is 7.19. The van der Waals surface area contributed by atoms with Gasteiger partial charge in [0.05, 0.1) is 13.2 Å². The summed E-state index contributed by atoms with van der Waals surface area (Å²) in [5.41, 5.74) is 1.13. The van der Waals surface area contributed by atoms with E-state index in [1.807, 2.05) is 17.0 Å². The van der Waals surface area contributed by atoms with Crippen molar-refractivity contribution in [2.24, 2.45) is 5.92 Å². The Hall–Kier alpha value is -0.620. The van der Waals surface area contributed by atoms with Gasteiger partial charge in [-0.1, -0.05) is 28.1 Å². The molecule has 2 aliphatic heterocycles. The van der Waals surface area contributed by atoms with E-state index in [9.17, 15) is 4.79 Å². The summed E-state index contributed by atoms with van der Waals surface area (Å²) in [5, 5.41) is 3.41. The van der Waals surface area contributed by atoms with Gasteiger partial charge in [0.25, 0.3) is 0 Å². The molecule has 0 aliphatic carbocycles. The highest BCUT2D eigenvalue weighted by Crippen LogP contribution is 2.27. The summed E-state index contributed by atoms with van der Waals surface area (Å²) < 4.78 is 6.93. The lowest BCUT2D eigenvalue weighted by atomic mass is 9.91. The third-order valence-electron chi connectivity index (χ3n) is 4.57. The zero-order valence-corrected chi connectivity index (χ0v) is 15.7. The molecule has 0 aromatic heterocycles. The van der Waals surface area contributed by atoms with Gasteiger partial charge in [0, 0.05) is 23.0 Å². The van der Waals surface area contributed by atoms with Crippen LogP contribution in [0.3, 0.4) is 0 Å². The van der Waals surface area contributed by atoms with Gasteiger partial charge in [0.15, 0.2) is 0 Å². The van der Waals surface area contributed by atoms with Gasteiger partial charge < -0.3 is 15.0 Å². The summed E-state index contributed by atoms with van der Waals surface area (Å²) >= 11 is 3.50. The minimum atomic E-state index is -0.0191. The predicted molar refractivity (Wildman–Crippen MR) is 96.9 cm³/mol. The molecule has 1 aromatic carbocycles.